The molecule has 1 heterocycles. The van der Waals surface area contributed by atoms with Gasteiger partial charge in [-0.2, -0.15) is 0 Å². The van der Waals surface area contributed by atoms with E-state index in [9.17, 15) is 4.79 Å². The minimum atomic E-state index is 0.210. The lowest BCUT2D eigenvalue weighted by Crippen LogP contribution is -2.50. The predicted octanol–water partition coefficient (Wildman–Crippen LogP) is 2.99. The molecule has 1 aliphatic rings. The Morgan fingerprint density at radius 1 is 1.24 bits per heavy atom. The fourth-order valence-corrected chi connectivity index (χ4v) is 3.14. The molecule has 3 nitrogen and oxygen atoms in total. The van der Waals surface area contributed by atoms with Crippen LogP contribution in [0.25, 0.3) is 0 Å². The zero-order chi connectivity index (χ0) is 15.2. The van der Waals surface area contributed by atoms with Gasteiger partial charge in [0.15, 0.2) is 0 Å². The number of benzene rings is 1. The van der Waals surface area contributed by atoms with Gasteiger partial charge in [0.1, 0.15) is 0 Å². The smallest absolute Gasteiger partial charge is 0.219 e. The molecule has 0 saturated carbocycles. The van der Waals surface area contributed by atoms with Gasteiger partial charge in [-0.05, 0) is 29.9 Å². The van der Waals surface area contributed by atoms with E-state index < -0.39 is 0 Å². The van der Waals surface area contributed by atoms with Gasteiger partial charge in [-0.1, -0.05) is 44.5 Å². The maximum absolute atomic E-state index is 11.5. The van der Waals surface area contributed by atoms with Gasteiger partial charge in [0.05, 0.1) is 0 Å². The van der Waals surface area contributed by atoms with Gasteiger partial charge in [0.25, 0.3) is 0 Å². The number of carbonyl (C=O) groups excluding carboxylic acids is 1. The number of aryl methyl sites for hydroxylation is 1. The van der Waals surface area contributed by atoms with Gasteiger partial charge < -0.3 is 10.2 Å². The van der Waals surface area contributed by atoms with Crippen molar-refractivity contribution in [1.82, 2.24) is 10.2 Å². The molecular formula is C18H28N2O. The molecule has 116 valence electrons. The second kappa shape index (κ2) is 7.60. The molecule has 0 bridgehead atoms. The van der Waals surface area contributed by atoms with Crippen molar-refractivity contribution in [2.24, 2.45) is 5.92 Å². The summed E-state index contributed by atoms with van der Waals surface area (Å²) in [4.78, 5) is 13.5. The third-order valence-electron chi connectivity index (χ3n) is 4.70. The van der Waals surface area contributed by atoms with E-state index in [0.29, 0.717) is 12.0 Å². The second-order valence-electron chi connectivity index (χ2n) is 6.08. The first-order valence-corrected chi connectivity index (χ1v) is 8.20. The molecule has 1 fully saturated rings. The highest BCUT2D eigenvalue weighted by Crippen LogP contribution is 2.21. The fraction of sp³-hybridized carbons (Fsp3) is 0.611. The van der Waals surface area contributed by atoms with Gasteiger partial charge in [-0.15, -0.1) is 0 Å². The number of rotatable bonds is 5. The van der Waals surface area contributed by atoms with Gasteiger partial charge >= 0.3 is 0 Å². The molecular weight excluding hydrogens is 260 g/mol. The van der Waals surface area contributed by atoms with Crippen LogP contribution in [0.1, 0.15) is 44.7 Å². The normalized spacial score (nSPS) is 22.3. The molecule has 1 aromatic carbocycles. The minimum Gasteiger partial charge on any atom is -0.343 e. The quantitative estimate of drug-likeness (QED) is 0.903. The number of nitrogens with one attached hydrogen (secondary N) is 1. The van der Waals surface area contributed by atoms with Gasteiger partial charge in [-0.3, -0.25) is 4.79 Å². The van der Waals surface area contributed by atoms with Crippen LogP contribution in [0.15, 0.2) is 24.3 Å². The average Bonchev–Trinajstić information content (AvgIpc) is 2.53. The highest BCUT2D eigenvalue weighted by molar-refractivity contribution is 5.73. The Labute approximate surface area is 128 Å². The Bertz CT molecular complexity index is 455. The molecule has 0 aromatic heterocycles. The van der Waals surface area contributed by atoms with Crippen molar-refractivity contribution < 1.29 is 4.79 Å². The Kier molecular flexibility index (Phi) is 5.80. The largest absolute Gasteiger partial charge is 0.343 e. The number of amides is 1. The van der Waals surface area contributed by atoms with Crippen LogP contribution >= 0.6 is 0 Å². The van der Waals surface area contributed by atoms with Crippen LogP contribution in [-0.4, -0.2) is 29.9 Å². The Morgan fingerprint density at radius 3 is 2.48 bits per heavy atom. The molecule has 2 rings (SSSR count). The minimum absolute atomic E-state index is 0.210. The third-order valence-corrected chi connectivity index (χ3v) is 4.70. The van der Waals surface area contributed by atoms with Crippen molar-refractivity contribution in [1.29, 1.82) is 0 Å². The molecule has 1 saturated heterocycles. The summed E-state index contributed by atoms with van der Waals surface area (Å²) in [5.74, 6) is 0.777. The van der Waals surface area contributed by atoms with Gasteiger partial charge in [0, 0.05) is 32.6 Å². The van der Waals surface area contributed by atoms with E-state index in [0.717, 1.165) is 38.9 Å². The standard InChI is InChI=1S/C18H28N2O/c1-4-15-6-8-16(9-7-15)12-19-18-10-11-20(14(3)21)13-17(18)5-2/h6-9,17-19H,4-5,10-13H2,1-3H3/t17-,18-/m0/s1. The monoisotopic (exact) mass is 288 g/mol. The van der Waals surface area contributed by atoms with Crippen LogP contribution in [0.4, 0.5) is 0 Å². The Hall–Kier alpha value is -1.35. The van der Waals surface area contributed by atoms with Gasteiger partial charge in [-0.25, -0.2) is 0 Å². The Morgan fingerprint density at radius 2 is 1.90 bits per heavy atom. The van der Waals surface area contributed by atoms with Crippen molar-refractivity contribution in [3.63, 3.8) is 0 Å². The maximum atomic E-state index is 11.5. The van der Waals surface area contributed by atoms with E-state index in [-0.39, 0.29) is 5.91 Å². The summed E-state index contributed by atoms with van der Waals surface area (Å²) in [6.45, 7) is 8.79. The summed E-state index contributed by atoms with van der Waals surface area (Å²) in [6.07, 6.45) is 3.27. The van der Waals surface area contributed by atoms with Gasteiger partial charge in [0.2, 0.25) is 5.91 Å². The molecule has 1 N–H and O–H groups in total. The number of piperidine rings is 1. The molecule has 0 unspecified atom stereocenters. The van der Waals surface area contributed by atoms with E-state index >= 15 is 0 Å². The number of likely N-dealkylation sites (tertiary alicyclic amines) is 1. The van der Waals surface area contributed by atoms with Crippen LogP contribution in [0, 0.1) is 5.92 Å². The Balaban J connectivity index is 1.88. The number of hydrogen-bond acceptors (Lipinski definition) is 2. The first kappa shape index (κ1) is 16.0. The lowest BCUT2D eigenvalue weighted by atomic mass is 9.89. The van der Waals surface area contributed by atoms with E-state index in [1.807, 2.05) is 4.90 Å². The van der Waals surface area contributed by atoms with Crippen molar-refractivity contribution in [3.8, 4) is 0 Å². The number of nitrogens with zero attached hydrogens (tertiary/aromatic N) is 1. The topological polar surface area (TPSA) is 32.3 Å². The van der Waals surface area contributed by atoms with E-state index in [1.165, 1.54) is 11.1 Å². The van der Waals surface area contributed by atoms with Crippen LogP contribution < -0.4 is 5.32 Å². The summed E-state index contributed by atoms with van der Waals surface area (Å²) < 4.78 is 0. The van der Waals surface area contributed by atoms with Crippen molar-refractivity contribution in [3.05, 3.63) is 35.4 Å². The molecule has 0 spiro atoms. The van der Waals surface area contributed by atoms with Crippen LogP contribution in [0.3, 0.4) is 0 Å². The SMILES string of the molecule is CCc1ccc(CN[C@H]2CCN(C(C)=O)C[C@@H]2CC)cc1. The number of hydrogen-bond donors (Lipinski definition) is 1. The molecule has 0 aliphatic carbocycles. The first-order chi connectivity index (χ1) is 10.1. The lowest BCUT2D eigenvalue weighted by Gasteiger charge is -2.38. The highest BCUT2D eigenvalue weighted by atomic mass is 16.2. The lowest BCUT2D eigenvalue weighted by molar-refractivity contribution is -0.131. The second-order valence-corrected chi connectivity index (χ2v) is 6.08. The van der Waals surface area contributed by atoms with E-state index in [4.69, 9.17) is 0 Å². The zero-order valence-corrected chi connectivity index (χ0v) is 13.6. The van der Waals surface area contributed by atoms with Crippen LogP contribution in [0.5, 0.6) is 0 Å². The molecule has 21 heavy (non-hydrogen) atoms. The fourth-order valence-electron chi connectivity index (χ4n) is 3.14. The molecule has 1 amide bonds. The van der Waals surface area contributed by atoms with Crippen LogP contribution in [0.2, 0.25) is 0 Å². The predicted molar refractivity (Wildman–Crippen MR) is 87.1 cm³/mol. The maximum Gasteiger partial charge on any atom is 0.219 e. The third kappa shape index (κ3) is 4.31. The first-order valence-electron chi connectivity index (χ1n) is 8.20. The molecule has 1 aliphatic heterocycles. The molecule has 1 aromatic rings. The summed E-state index contributed by atoms with van der Waals surface area (Å²) in [6, 6.07) is 9.39. The summed E-state index contributed by atoms with van der Waals surface area (Å²) in [7, 11) is 0. The number of carbonyl (C=O) groups is 1. The highest BCUT2D eigenvalue weighted by Gasteiger charge is 2.28. The zero-order valence-electron chi connectivity index (χ0n) is 13.6. The summed E-state index contributed by atoms with van der Waals surface area (Å²) >= 11 is 0. The molecule has 2 atom stereocenters. The van der Waals surface area contributed by atoms with Crippen molar-refractivity contribution in [2.75, 3.05) is 13.1 Å². The van der Waals surface area contributed by atoms with E-state index in [2.05, 4.69) is 43.4 Å². The van der Waals surface area contributed by atoms with E-state index in [1.54, 1.807) is 6.92 Å². The van der Waals surface area contributed by atoms with Crippen molar-refractivity contribution in [2.45, 2.75) is 52.6 Å². The summed E-state index contributed by atoms with van der Waals surface area (Å²) in [5.41, 5.74) is 2.73. The van der Waals surface area contributed by atoms with Crippen molar-refractivity contribution >= 4 is 5.91 Å². The summed E-state index contributed by atoms with van der Waals surface area (Å²) in [5, 5.41) is 3.70. The molecule has 0 radical (unpaired) electrons. The van der Waals surface area contributed by atoms with Crippen LogP contribution in [-0.2, 0) is 17.8 Å². The molecule has 3 heteroatoms. The average molecular weight is 288 g/mol.